The molecule has 1 fully saturated rings. The molecule has 1 aliphatic heterocycles. The number of hydrogen-bond acceptors (Lipinski definition) is 7. The lowest BCUT2D eigenvalue weighted by Gasteiger charge is -2.42. The average molecular weight is 371 g/mol. The standard InChI is InChI=1S/C20H29N5O2/c1-16-2-4-17(5-3-16)13-24-8-9-25(14-18(24)6-10-26)20-12-19(21-7-11-27)22-15-23-20/h2-5,12,15,18,26-27H,6-11,13-14H2,1H3,(H,21,22,23)/t18-/m0/s1. The van der Waals surface area contributed by atoms with Crippen LogP contribution in [-0.4, -0.2) is 70.5 Å². The summed E-state index contributed by atoms with van der Waals surface area (Å²) in [6, 6.07) is 10.8. The number of hydrogen-bond donors (Lipinski definition) is 3. The van der Waals surface area contributed by atoms with Crippen molar-refractivity contribution < 1.29 is 10.2 Å². The van der Waals surface area contributed by atoms with Crippen LogP contribution in [-0.2, 0) is 6.54 Å². The molecule has 0 saturated carbocycles. The highest BCUT2D eigenvalue weighted by Crippen LogP contribution is 2.22. The summed E-state index contributed by atoms with van der Waals surface area (Å²) in [6.45, 7) is 6.32. The van der Waals surface area contributed by atoms with Gasteiger partial charge in [-0.05, 0) is 18.9 Å². The zero-order valence-electron chi connectivity index (χ0n) is 15.9. The van der Waals surface area contributed by atoms with Gasteiger partial charge in [0.25, 0.3) is 0 Å². The second-order valence-corrected chi connectivity index (χ2v) is 6.98. The topological polar surface area (TPSA) is 84.8 Å². The molecule has 0 unspecified atom stereocenters. The average Bonchev–Trinajstić information content (AvgIpc) is 2.70. The number of aliphatic hydroxyl groups is 2. The molecule has 0 aliphatic carbocycles. The summed E-state index contributed by atoms with van der Waals surface area (Å²) < 4.78 is 0. The van der Waals surface area contributed by atoms with Gasteiger partial charge in [0.1, 0.15) is 18.0 Å². The van der Waals surface area contributed by atoms with Gasteiger partial charge in [0.15, 0.2) is 0 Å². The Morgan fingerprint density at radius 2 is 1.93 bits per heavy atom. The molecule has 2 aromatic rings. The molecule has 0 radical (unpaired) electrons. The predicted molar refractivity (Wildman–Crippen MR) is 107 cm³/mol. The summed E-state index contributed by atoms with van der Waals surface area (Å²) in [5.74, 6) is 1.60. The van der Waals surface area contributed by atoms with Crippen LogP contribution in [0.15, 0.2) is 36.7 Å². The Morgan fingerprint density at radius 1 is 1.11 bits per heavy atom. The summed E-state index contributed by atoms with van der Waals surface area (Å²) in [7, 11) is 0. The maximum absolute atomic E-state index is 9.53. The minimum atomic E-state index is 0.0651. The van der Waals surface area contributed by atoms with Crippen molar-refractivity contribution in [3.05, 3.63) is 47.8 Å². The number of nitrogens with zero attached hydrogens (tertiary/aromatic N) is 4. The van der Waals surface area contributed by atoms with Crippen molar-refractivity contribution in [3.8, 4) is 0 Å². The van der Waals surface area contributed by atoms with Gasteiger partial charge in [0, 0.05) is 51.4 Å². The monoisotopic (exact) mass is 371 g/mol. The second-order valence-electron chi connectivity index (χ2n) is 6.98. The first-order chi connectivity index (χ1) is 13.2. The van der Waals surface area contributed by atoms with E-state index in [2.05, 4.69) is 56.3 Å². The van der Waals surface area contributed by atoms with Crippen LogP contribution < -0.4 is 10.2 Å². The molecule has 1 aromatic heterocycles. The van der Waals surface area contributed by atoms with E-state index in [9.17, 15) is 5.11 Å². The normalized spacial score (nSPS) is 17.9. The van der Waals surface area contributed by atoms with Crippen molar-refractivity contribution in [2.75, 3.05) is 49.6 Å². The molecule has 7 nitrogen and oxygen atoms in total. The zero-order valence-corrected chi connectivity index (χ0v) is 15.9. The van der Waals surface area contributed by atoms with Crippen molar-refractivity contribution >= 4 is 11.6 Å². The van der Waals surface area contributed by atoms with Crippen molar-refractivity contribution in [1.82, 2.24) is 14.9 Å². The smallest absolute Gasteiger partial charge is 0.134 e. The fraction of sp³-hybridized carbons (Fsp3) is 0.500. The van der Waals surface area contributed by atoms with Gasteiger partial charge in [-0.1, -0.05) is 29.8 Å². The highest BCUT2D eigenvalue weighted by atomic mass is 16.3. The molecule has 1 aliphatic rings. The van der Waals surface area contributed by atoms with E-state index in [1.54, 1.807) is 6.33 Å². The first-order valence-electron chi connectivity index (χ1n) is 9.52. The van der Waals surface area contributed by atoms with Gasteiger partial charge in [0.05, 0.1) is 6.61 Å². The van der Waals surface area contributed by atoms with Gasteiger partial charge >= 0.3 is 0 Å². The van der Waals surface area contributed by atoms with Gasteiger partial charge in [-0.15, -0.1) is 0 Å². The molecular formula is C20H29N5O2. The Balaban J connectivity index is 1.67. The number of piperazine rings is 1. The molecule has 1 aromatic carbocycles. The number of aryl methyl sites for hydroxylation is 1. The highest BCUT2D eigenvalue weighted by Gasteiger charge is 2.27. The molecular weight excluding hydrogens is 342 g/mol. The van der Waals surface area contributed by atoms with Crippen LogP contribution in [0.25, 0.3) is 0 Å². The van der Waals surface area contributed by atoms with Crippen molar-refractivity contribution in [3.63, 3.8) is 0 Å². The van der Waals surface area contributed by atoms with Crippen molar-refractivity contribution in [2.45, 2.75) is 25.9 Å². The molecule has 0 bridgehead atoms. The highest BCUT2D eigenvalue weighted by molar-refractivity contribution is 5.49. The minimum Gasteiger partial charge on any atom is -0.396 e. The quantitative estimate of drug-likeness (QED) is 0.644. The number of aromatic nitrogens is 2. The molecule has 2 heterocycles. The summed E-state index contributed by atoms with van der Waals surface area (Å²) in [5, 5.41) is 21.6. The molecule has 27 heavy (non-hydrogen) atoms. The van der Waals surface area contributed by atoms with E-state index in [0.29, 0.717) is 6.54 Å². The van der Waals surface area contributed by atoms with Crippen LogP contribution in [0.4, 0.5) is 11.6 Å². The van der Waals surface area contributed by atoms with E-state index >= 15 is 0 Å². The van der Waals surface area contributed by atoms with Crippen LogP contribution in [0.1, 0.15) is 17.5 Å². The molecule has 3 rings (SSSR count). The van der Waals surface area contributed by atoms with Crippen LogP contribution in [0, 0.1) is 6.92 Å². The SMILES string of the molecule is Cc1ccc(CN2CCN(c3cc(NCCO)ncn3)C[C@@H]2CCO)cc1. The largest absolute Gasteiger partial charge is 0.396 e. The number of aliphatic hydroxyl groups excluding tert-OH is 2. The Hall–Kier alpha value is -2.22. The number of benzene rings is 1. The Kier molecular flexibility index (Phi) is 6.98. The maximum atomic E-state index is 9.53. The van der Waals surface area contributed by atoms with Crippen molar-refractivity contribution in [1.29, 1.82) is 0 Å². The lowest BCUT2D eigenvalue weighted by Crippen LogP contribution is -2.53. The van der Waals surface area contributed by atoms with Crippen LogP contribution in [0.2, 0.25) is 0 Å². The summed E-state index contributed by atoms with van der Waals surface area (Å²) >= 11 is 0. The van der Waals surface area contributed by atoms with Gasteiger partial charge in [-0.3, -0.25) is 4.90 Å². The molecule has 1 saturated heterocycles. The van der Waals surface area contributed by atoms with E-state index in [4.69, 9.17) is 5.11 Å². The number of rotatable bonds is 8. The molecule has 3 N–H and O–H groups in total. The lowest BCUT2D eigenvalue weighted by atomic mass is 10.1. The first-order valence-corrected chi connectivity index (χ1v) is 9.52. The third-order valence-corrected chi connectivity index (χ3v) is 4.97. The van der Waals surface area contributed by atoms with E-state index in [0.717, 1.165) is 44.2 Å². The van der Waals surface area contributed by atoms with E-state index < -0.39 is 0 Å². The lowest BCUT2D eigenvalue weighted by molar-refractivity contribution is 0.135. The Bertz CT molecular complexity index is 710. The molecule has 0 amide bonds. The zero-order chi connectivity index (χ0) is 19.1. The third-order valence-electron chi connectivity index (χ3n) is 4.97. The van der Waals surface area contributed by atoms with E-state index in [1.165, 1.54) is 11.1 Å². The maximum Gasteiger partial charge on any atom is 0.134 e. The van der Waals surface area contributed by atoms with E-state index in [-0.39, 0.29) is 19.3 Å². The number of anilines is 2. The van der Waals surface area contributed by atoms with Gasteiger partial charge in [-0.2, -0.15) is 0 Å². The summed E-state index contributed by atoms with van der Waals surface area (Å²) in [5.41, 5.74) is 2.57. The fourth-order valence-corrected chi connectivity index (χ4v) is 3.46. The second kappa shape index (κ2) is 9.64. The Labute approximate surface area is 160 Å². The van der Waals surface area contributed by atoms with Gasteiger partial charge < -0.3 is 20.4 Å². The molecule has 7 heteroatoms. The first kappa shape index (κ1) is 19.5. The van der Waals surface area contributed by atoms with Crippen LogP contribution in [0.5, 0.6) is 0 Å². The summed E-state index contributed by atoms with van der Waals surface area (Å²) in [4.78, 5) is 13.3. The minimum absolute atomic E-state index is 0.0651. The molecule has 146 valence electrons. The van der Waals surface area contributed by atoms with Crippen LogP contribution in [0.3, 0.4) is 0 Å². The van der Waals surface area contributed by atoms with Gasteiger partial charge in [0.2, 0.25) is 0 Å². The predicted octanol–water partition coefficient (Wildman–Crippen LogP) is 1.26. The third kappa shape index (κ3) is 5.38. The molecule has 0 spiro atoms. The van der Waals surface area contributed by atoms with Gasteiger partial charge in [-0.25, -0.2) is 9.97 Å². The van der Waals surface area contributed by atoms with E-state index in [1.807, 2.05) is 6.07 Å². The summed E-state index contributed by atoms with van der Waals surface area (Å²) in [6.07, 6.45) is 2.29. The van der Waals surface area contributed by atoms with Crippen molar-refractivity contribution in [2.24, 2.45) is 0 Å². The number of nitrogens with one attached hydrogen (secondary N) is 1. The molecule has 1 atom stereocenters. The van der Waals surface area contributed by atoms with Crippen LogP contribution >= 0.6 is 0 Å². The fourth-order valence-electron chi connectivity index (χ4n) is 3.46. The Morgan fingerprint density at radius 3 is 2.67 bits per heavy atom.